The number of hydrazine groups is 1. The number of benzene rings is 1. The van der Waals surface area contributed by atoms with Gasteiger partial charge in [0.15, 0.2) is 0 Å². The van der Waals surface area contributed by atoms with Crippen LogP contribution >= 0.6 is 23.5 Å². The number of hydrogen-bond donors (Lipinski definition) is 2. The van der Waals surface area contributed by atoms with E-state index in [1.807, 2.05) is 0 Å². The van der Waals surface area contributed by atoms with Gasteiger partial charge in [-0.15, -0.1) is 0 Å². The van der Waals surface area contributed by atoms with Gasteiger partial charge in [0.05, 0.1) is 0 Å². The van der Waals surface area contributed by atoms with E-state index in [-0.39, 0.29) is 0 Å². The van der Waals surface area contributed by atoms with Crippen LogP contribution in [0.1, 0.15) is 18.1 Å². The number of thioether (sulfide) groups is 2. The summed E-state index contributed by atoms with van der Waals surface area (Å²) in [4.78, 5) is 0. The molecule has 1 aromatic rings. The van der Waals surface area contributed by atoms with Gasteiger partial charge in [-0.1, -0.05) is 36.8 Å². The van der Waals surface area contributed by atoms with Crippen molar-refractivity contribution in [3.63, 3.8) is 0 Å². The van der Waals surface area contributed by atoms with Gasteiger partial charge in [0.1, 0.15) is 0 Å². The highest BCUT2D eigenvalue weighted by Gasteiger charge is 2.29. The van der Waals surface area contributed by atoms with Crippen LogP contribution in [-0.2, 0) is 6.42 Å². The van der Waals surface area contributed by atoms with Gasteiger partial charge in [0.25, 0.3) is 0 Å². The second-order valence-electron chi connectivity index (χ2n) is 4.88. The first-order valence-corrected chi connectivity index (χ1v) is 8.55. The van der Waals surface area contributed by atoms with Gasteiger partial charge < -0.3 is 0 Å². The standard InChI is InChI=1S/C14H22N2S2/c1-10-4-3-5-12(8-10)9-13(16-15)14-11(2)17-6-7-18-14/h3-5,8,11,13-14,16H,6-7,9,15H2,1-2H3. The summed E-state index contributed by atoms with van der Waals surface area (Å²) in [6.45, 7) is 4.46. The summed E-state index contributed by atoms with van der Waals surface area (Å²) in [7, 11) is 0. The molecule has 1 aliphatic rings. The van der Waals surface area contributed by atoms with Crippen LogP contribution < -0.4 is 11.3 Å². The fourth-order valence-electron chi connectivity index (χ4n) is 2.45. The Kier molecular flexibility index (Phi) is 5.42. The van der Waals surface area contributed by atoms with Crippen molar-refractivity contribution in [1.82, 2.24) is 5.43 Å². The summed E-state index contributed by atoms with van der Waals surface area (Å²) >= 11 is 4.13. The summed E-state index contributed by atoms with van der Waals surface area (Å²) in [6.07, 6.45) is 1.01. The Bertz CT molecular complexity index is 384. The van der Waals surface area contributed by atoms with Crippen molar-refractivity contribution in [2.24, 2.45) is 5.84 Å². The molecule has 3 atom stereocenters. The van der Waals surface area contributed by atoms with Gasteiger partial charge in [-0.25, -0.2) is 0 Å². The predicted octanol–water partition coefficient (Wildman–Crippen LogP) is 2.61. The average Bonchev–Trinajstić information content (AvgIpc) is 2.37. The molecule has 100 valence electrons. The second-order valence-corrected chi connectivity index (χ2v) is 7.65. The third-order valence-corrected chi connectivity index (χ3v) is 6.64. The Labute approximate surface area is 118 Å². The minimum absolute atomic E-state index is 0.361. The smallest absolute Gasteiger partial charge is 0.0380 e. The molecule has 0 aromatic heterocycles. The topological polar surface area (TPSA) is 38.0 Å². The Morgan fingerprint density at radius 1 is 1.39 bits per heavy atom. The van der Waals surface area contributed by atoms with E-state index >= 15 is 0 Å². The van der Waals surface area contributed by atoms with Crippen molar-refractivity contribution in [2.45, 2.75) is 36.8 Å². The Morgan fingerprint density at radius 3 is 2.83 bits per heavy atom. The minimum Gasteiger partial charge on any atom is -0.271 e. The van der Waals surface area contributed by atoms with E-state index in [0.717, 1.165) is 6.42 Å². The van der Waals surface area contributed by atoms with E-state index in [0.29, 0.717) is 16.5 Å². The molecule has 1 heterocycles. The van der Waals surface area contributed by atoms with Crippen LogP contribution in [0.3, 0.4) is 0 Å². The molecule has 0 radical (unpaired) electrons. The molecule has 1 aromatic carbocycles. The van der Waals surface area contributed by atoms with Crippen LogP contribution in [0.4, 0.5) is 0 Å². The van der Waals surface area contributed by atoms with Gasteiger partial charge >= 0.3 is 0 Å². The van der Waals surface area contributed by atoms with Crippen LogP contribution in [0.2, 0.25) is 0 Å². The number of aryl methyl sites for hydroxylation is 1. The van der Waals surface area contributed by atoms with E-state index in [4.69, 9.17) is 5.84 Å². The third kappa shape index (κ3) is 3.67. The van der Waals surface area contributed by atoms with E-state index in [1.165, 1.54) is 22.6 Å². The lowest BCUT2D eigenvalue weighted by Crippen LogP contribution is -2.48. The Morgan fingerprint density at radius 2 is 2.17 bits per heavy atom. The quantitative estimate of drug-likeness (QED) is 0.658. The molecule has 1 fully saturated rings. The van der Waals surface area contributed by atoms with Crippen LogP contribution in [0.5, 0.6) is 0 Å². The summed E-state index contributed by atoms with van der Waals surface area (Å²) < 4.78 is 0. The molecule has 2 rings (SSSR count). The molecule has 0 amide bonds. The van der Waals surface area contributed by atoms with Gasteiger partial charge in [-0.3, -0.25) is 11.3 Å². The van der Waals surface area contributed by atoms with Crippen LogP contribution in [0, 0.1) is 6.92 Å². The fourth-order valence-corrected chi connectivity index (χ4v) is 5.40. The minimum atomic E-state index is 0.361. The van der Waals surface area contributed by atoms with E-state index < -0.39 is 0 Å². The number of hydrogen-bond acceptors (Lipinski definition) is 4. The maximum absolute atomic E-state index is 5.78. The Hall–Kier alpha value is -0.160. The van der Waals surface area contributed by atoms with Crippen molar-refractivity contribution in [3.05, 3.63) is 35.4 Å². The maximum atomic E-state index is 5.78. The number of nitrogens with one attached hydrogen (secondary N) is 1. The molecule has 0 bridgehead atoms. The van der Waals surface area contributed by atoms with Crippen LogP contribution in [-0.4, -0.2) is 28.0 Å². The largest absolute Gasteiger partial charge is 0.271 e. The molecular formula is C14H22N2S2. The normalized spacial score (nSPS) is 25.9. The van der Waals surface area contributed by atoms with Crippen molar-refractivity contribution in [3.8, 4) is 0 Å². The highest BCUT2D eigenvalue weighted by atomic mass is 32.2. The fraction of sp³-hybridized carbons (Fsp3) is 0.571. The zero-order valence-electron chi connectivity index (χ0n) is 11.1. The van der Waals surface area contributed by atoms with Gasteiger partial charge in [-0.2, -0.15) is 23.5 Å². The molecule has 1 saturated heterocycles. The molecular weight excluding hydrogens is 260 g/mol. The van der Waals surface area contributed by atoms with Crippen LogP contribution in [0.25, 0.3) is 0 Å². The summed E-state index contributed by atoms with van der Waals surface area (Å²) in [5, 5.41) is 1.28. The molecule has 0 spiro atoms. The Balaban J connectivity index is 2.04. The van der Waals surface area contributed by atoms with E-state index in [2.05, 4.69) is 67.1 Å². The molecule has 4 heteroatoms. The zero-order valence-corrected chi connectivity index (χ0v) is 12.7. The first-order valence-electron chi connectivity index (χ1n) is 6.45. The summed E-state index contributed by atoms with van der Waals surface area (Å²) in [6, 6.07) is 9.09. The van der Waals surface area contributed by atoms with Crippen molar-refractivity contribution < 1.29 is 0 Å². The average molecular weight is 282 g/mol. The van der Waals surface area contributed by atoms with Gasteiger partial charge in [0, 0.05) is 28.0 Å². The van der Waals surface area contributed by atoms with Crippen molar-refractivity contribution >= 4 is 23.5 Å². The molecule has 3 unspecified atom stereocenters. The number of rotatable bonds is 4. The molecule has 3 N–H and O–H groups in total. The first-order chi connectivity index (χ1) is 8.70. The van der Waals surface area contributed by atoms with E-state index in [9.17, 15) is 0 Å². The summed E-state index contributed by atoms with van der Waals surface area (Å²) in [5.41, 5.74) is 5.73. The highest BCUT2D eigenvalue weighted by molar-refractivity contribution is 8.07. The number of nitrogens with two attached hydrogens (primary N) is 1. The monoisotopic (exact) mass is 282 g/mol. The highest BCUT2D eigenvalue weighted by Crippen LogP contribution is 2.33. The maximum Gasteiger partial charge on any atom is 0.0380 e. The first kappa shape index (κ1) is 14.3. The van der Waals surface area contributed by atoms with Crippen molar-refractivity contribution in [1.29, 1.82) is 0 Å². The van der Waals surface area contributed by atoms with Crippen molar-refractivity contribution in [2.75, 3.05) is 11.5 Å². The third-order valence-electron chi connectivity index (χ3n) is 3.39. The molecule has 18 heavy (non-hydrogen) atoms. The molecule has 2 nitrogen and oxygen atoms in total. The zero-order chi connectivity index (χ0) is 13.0. The second kappa shape index (κ2) is 6.85. The van der Waals surface area contributed by atoms with Gasteiger partial charge in [-0.05, 0) is 18.9 Å². The molecule has 0 aliphatic carbocycles. The SMILES string of the molecule is Cc1cccc(CC(NN)C2SCCSC2C)c1. The summed E-state index contributed by atoms with van der Waals surface area (Å²) in [5.74, 6) is 8.29. The lowest BCUT2D eigenvalue weighted by atomic mass is 10.0. The van der Waals surface area contributed by atoms with Crippen LogP contribution in [0.15, 0.2) is 24.3 Å². The lowest BCUT2D eigenvalue weighted by Gasteiger charge is -2.34. The van der Waals surface area contributed by atoms with E-state index in [1.54, 1.807) is 0 Å². The molecule has 1 aliphatic heterocycles. The molecule has 0 saturated carbocycles. The lowest BCUT2D eigenvalue weighted by molar-refractivity contribution is 0.501. The van der Waals surface area contributed by atoms with Gasteiger partial charge in [0.2, 0.25) is 0 Å². The predicted molar refractivity (Wildman–Crippen MR) is 84.2 cm³/mol.